The Morgan fingerprint density at radius 1 is 1.14 bits per heavy atom. The molecule has 1 aliphatic rings. The molecule has 1 saturated carbocycles. The number of rotatable bonds is 5. The molecule has 0 aliphatic heterocycles. The summed E-state index contributed by atoms with van der Waals surface area (Å²) in [5.41, 5.74) is 1.38. The molecule has 0 heterocycles. The van der Waals surface area contributed by atoms with E-state index in [0.29, 0.717) is 6.10 Å². The zero-order valence-corrected chi connectivity index (χ0v) is 15.1. The van der Waals surface area contributed by atoms with Crippen LogP contribution in [0.4, 0.5) is 0 Å². The monoisotopic (exact) mass is 353 g/mol. The summed E-state index contributed by atoms with van der Waals surface area (Å²) in [4.78, 5) is 0. The van der Waals surface area contributed by atoms with E-state index in [0.717, 1.165) is 11.0 Å². The van der Waals surface area contributed by atoms with Crippen LogP contribution in [0.3, 0.4) is 0 Å². The minimum Gasteiger partial charge on any atom is -0.369 e. The topological polar surface area (TPSA) is 21.3 Å². The van der Waals surface area contributed by atoms with Gasteiger partial charge in [0.05, 0.1) is 12.2 Å². The van der Waals surface area contributed by atoms with Gasteiger partial charge < -0.3 is 10.1 Å². The fraction of sp³-hybridized carbons (Fsp3) is 0.667. The molecule has 1 aromatic carbocycles. The zero-order valence-electron chi connectivity index (χ0n) is 13.5. The third-order valence-electron chi connectivity index (χ3n) is 3.97. The van der Waals surface area contributed by atoms with Gasteiger partial charge in [0.2, 0.25) is 0 Å². The van der Waals surface area contributed by atoms with Gasteiger partial charge in [-0.3, -0.25) is 0 Å². The van der Waals surface area contributed by atoms with Gasteiger partial charge in [-0.25, -0.2) is 0 Å². The molecular weight excluding hydrogens is 326 g/mol. The minimum absolute atomic E-state index is 0.115. The number of hydrogen-bond donors (Lipinski definition) is 1. The van der Waals surface area contributed by atoms with Crippen LogP contribution < -0.4 is 5.32 Å². The first-order valence-electron chi connectivity index (χ1n) is 8.10. The van der Waals surface area contributed by atoms with Gasteiger partial charge in [0, 0.05) is 16.6 Å². The van der Waals surface area contributed by atoms with E-state index in [1.54, 1.807) is 0 Å². The van der Waals surface area contributed by atoms with Gasteiger partial charge in [-0.1, -0.05) is 47.3 Å². The van der Waals surface area contributed by atoms with E-state index in [9.17, 15) is 0 Å². The molecule has 1 aliphatic carbocycles. The van der Waals surface area contributed by atoms with Crippen LogP contribution in [0.2, 0.25) is 0 Å². The van der Waals surface area contributed by atoms with Gasteiger partial charge in [0.1, 0.15) is 0 Å². The predicted molar refractivity (Wildman–Crippen MR) is 92.6 cm³/mol. The molecule has 3 heteroatoms. The van der Waals surface area contributed by atoms with Crippen LogP contribution in [0.25, 0.3) is 0 Å². The van der Waals surface area contributed by atoms with Crippen molar-refractivity contribution in [3.05, 3.63) is 34.3 Å². The minimum atomic E-state index is 0.115. The molecule has 1 fully saturated rings. The van der Waals surface area contributed by atoms with Crippen molar-refractivity contribution in [1.82, 2.24) is 5.32 Å². The quantitative estimate of drug-likeness (QED) is 0.782. The predicted octanol–water partition coefficient (Wildman–Crippen LogP) is 5.23. The second kappa shape index (κ2) is 7.75. The molecular formula is C18H28BrNO. The Balaban J connectivity index is 2.03. The summed E-state index contributed by atoms with van der Waals surface area (Å²) >= 11 is 3.51. The lowest BCUT2D eigenvalue weighted by molar-refractivity contribution is -0.0328. The van der Waals surface area contributed by atoms with Crippen molar-refractivity contribution in [2.45, 2.75) is 70.6 Å². The molecule has 0 radical (unpaired) electrons. The molecule has 2 rings (SSSR count). The number of nitrogens with one attached hydrogen (secondary N) is 1. The summed E-state index contributed by atoms with van der Waals surface area (Å²) in [7, 11) is 0. The summed E-state index contributed by atoms with van der Waals surface area (Å²) in [6, 6.07) is 8.54. The maximum Gasteiger partial charge on any atom is 0.0953 e. The molecule has 1 atom stereocenters. The highest BCUT2D eigenvalue weighted by atomic mass is 79.9. The standard InChI is InChI=1S/C18H28BrNO/c1-18(2,3)20-13-17(14-9-11-15(19)12-10-14)21-16-7-5-4-6-8-16/h9-12,16-17,20H,4-8,13H2,1-3H3. The number of hydrogen-bond acceptors (Lipinski definition) is 2. The van der Waals surface area contributed by atoms with Crippen LogP contribution in [0.15, 0.2) is 28.7 Å². The molecule has 118 valence electrons. The van der Waals surface area contributed by atoms with Crippen molar-refractivity contribution in [2.75, 3.05) is 6.54 Å². The van der Waals surface area contributed by atoms with Crippen molar-refractivity contribution in [3.8, 4) is 0 Å². The fourth-order valence-electron chi connectivity index (χ4n) is 2.75. The lowest BCUT2D eigenvalue weighted by Crippen LogP contribution is -2.39. The van der Waals surface area contributed by atoms with Crippen molar-refractivity contribution < 1.29 is 4.74 Å². The molecule has 2 nitrogen and oxygen atoms in total. The van der Waals surface area contributed by atoms with Crippen molar-refractivity contribution in [3.63, 3.8) is 0 Å². The van der Waals surface area contributed by atoms with Gasteiger partial charge in [-0.15, -0.1) is 0 Å². The third kappa shape index (κ3) is 6.09. The summed E-state index contributed by atoms with van der Waals surface area (Å²) in [6.07, 6.45) is 6.97. The van der Waals surface area contributed by atoms with Crippen molar-refractivity contribution >= 4 is 15.9 Å². The van der Waals surface area contributed by atoms with Crippen LogP contribution in [0.1, 0.15) is 64.5 Å². The Bertz CT molecular complexity index is 418. The molecule has 1 aromatic rings. The molecule has 0 spiro atoms. The highest BCUT2D eigenvalue weighted by molar-refractivity contribution is 9.10. The normalized spacial score (nSPS) is 18.7. The Labute approximate surface area is 137 Å². The fourth-order valence-corrected chi connectivity index (χ4v) is 3.02. The maximum atomic E-state index is 6.43. The van der Waals surface area contributed by atoms with E-state index < -0.39 is 0 Å². The Hall–Kier alpha value is -0.380. The second-order valence-corrected chi connectivity index (χ2v) is 7.98. The van der Waals surface area contributed by atoms with Crippen LogP contribution in [-0.2, 0) is 4.74 Å². The average Bonchev–Trinajstić information content (AvgIpc) is 2.45. The Kier molecular flexibility index (Phi) is 6.27. The second-order valence-electron chi connectivity index (χ2n) is 7.07. The first-order chi connectivity index (χ1) is 9.94. The number of halogens is 1. The van der Waals surface area contributed by atoms with Gasteiger partial charge in [0.25, 0.3) is 0 Å². The van der Waals surface area contributed by atoms with Gasteiger partial charge in [0.15, 0.2) is 0 Å². The van der Waals surface area contributed by atoms with E-state index in [2.05, 4.69) is 66.3 Å². The molecule has 1 N–H and O–H groups in total. The summed E-state index contributed by atoms with van der Waals surface area (Å²) in [5.74, 6) is 0. The lowest BCUT2D eigenvalue weighted by atomic mass is 9.97. The number of ether oxygens (including phenoxy) is 1. The van der Waals surface area contributed by atoms with Crippen LogP contribution >= 0.6 is 15.9 Å². The largest absolute Gasteiger partial charge is 0.369 e. The van der Waals surface area contributed by atoms with Crippen LogP contribution in [0, 0.1) is 0 Å². The Morgan fingerprint density at radius 3 is 2.33 bits per heavy atom. The van der Waals surface area contributed by atoms with Gasteiger partial charge in [-0.05, 0) is 51.3 Å². The van der Waals surface area contributed by atoms with Crippen LogP contribution in [0.5, 0.6) is 0 Å². The molecule has 0 amide bonds. The van der Waals surface area contributed by atoms with Crippen molar-refractivity contribution in [1.29, 1.82) is 0 Å². The van der Waals surface area contributed by atoms with E-state index in [1.165, 1.54) is 37.7 Å². The first kappa shape index (κ1) is 17.0. The molecule has 0 saturated heterocycles. The molecule has 1 unspecified atom stereocenters. The van der Waals surface area contributed by atoms with Gasteiger partial charge in [-0.2, -0.15) is 0 Å². The number of benzene rings is 1. The SMILES string of the molecule is CC(C)(C)NCC(OC1CCCCC1)c1ccc(Br)cc1. The summed E-state index contributed by atoms with van der Waals surface area (Å²) in [6.45, 7) is 7.46. The Morgan fingerprint density at radius 2 is 1.76 bits per heavy atom. The van der Waals surface area contributed by atoms with Crippen molar-refractivity contribution in [2.24, 2.45) is 0 Å². The lowest BCUT2D eigenvalue weighted by Gasteiger charge is -2.30. The first-order valence-corrected chi connectivity index (χ1v) is 8.89. The molecule has 0 bridgehead atoms. The third-order valence-corrected chi connectivity index (χ3v) is 4.50. The molecule has 0 aromatic heterocycles. The summed E-state index contributed by atoms with van der Waals surface area (Å²) in [5, 5.41) is 3.59. The van der Waals surface area contributed by atoms with Gasteiger partial charge >= 0.3 is 0 Å². The van der Waals surface area contributed by atoms with Crippen LogP contribution in [-0.4, -0.2) is 18.2 Å². The smallest absolute Gasteiger partial charge is 0.0953 e. The average molecular weight is 354 g/mol. The van der Waals surface area contributed by atoms with E-state index in [1.807, 2.05) is 0 Å². The van der Waals surface area contributed by atoms with E-state index in [4.69, 9.17) is 4.74 Å². The van der Waals surface area contributed by atoms with E-state index in [-0.39, 0.29) is 11.6 Å². The summed E-state index contributed by atoms with van der Waals surface area (Å²) < 4.78 is 7.55. The maximum absolute atomic E-state index is 6.43. The highest BCUT2D eigenvalue weighted by Crippen LogP contribution is 2.28. The van der Waals surface area contributed by atoms with E-state index >= 15 is 0 Å². The zero-order chi connectivity index (χ0) is 15.3. The molecule has 21 heavy (non-hydrogen) atoms. The highest BCUT2D eigenvalue weighted by Gasteiger charge is 2.22.